The Morgan fingerprint density at radius 1 is 1.50 bits per heavy atom. The van der Waals surface area contributed by atoms with Gasteiger partial charge in [-0.25, -0.2) is 9.97 Å². The molecule has 2 aromatic rings. The quantitative estimate of drug-likeness (QED) is 0.640. The predicted octanol–water partition coefficient (Wildman–Crippen LogP) is 1.36. The summed E-state index contributed by atoms with van der Waals surface area (Å²) in [4.78, 5) is 8.48. The first-order chi connectivity index (χ1) is 7.74. The van der Waals surface area contributed by atoms with Gasteiger partial charge in [0.15, 0.2) is 5.16 Å². The zero-order valence-corrected chi connectivity index (χ0v) is 9.81. The second-order valence-electron chi connectivity index (χ2n) is 3.37. The van der Waals surface area contributed by atoms with Crippen molar-refractivity contribution in [1.82, 2.24) is 19.7 Å². The van der Waals surface area contributed by atoms with Crippen molar-refractivity contribution in [3.8, 4) is 0 Å². The number of thioether (sulfide) groups is 1. The van der Waals surface area contributed by atoms with Gasteiger partial charge in [-0.1, -0.05) is 11.8 Å². The summed E-state index contributed by atoms with van der Waals surface area (Å²) in [5.74, 6) is 0.880. The molecule has 84 valence electrons. The molecule has 0 aliphatic rings. The Bertz CT molecular complexity index is 468. The van der Waals surface area contributed by atoms with E-state index in [4.69, 9.17) is 5.73 Å². The lowest BCUT2D eigenvalue weighted by Gasteiger charge is -2.01. The van der Waals surface area contributed by atoms with E-state index >= 15 is 0 Å². The molecule has 2 heterocycles. The lowest BCUT2D eigenvalue weighted by molar-refractivity contribution is 0.666. The summed E-state index contributed by atoms with van der Waals surface area (Å²) in [6, 6.07) is 1.89. The molecule has 0 radical (unpaired) electrons. The van der Waals surface area contributed by atoms with Crippen LogP contribution < -0.4 is 5.73 Å². The third kappa shape index (κ3) is 2.96. The Balaban J connectivity index is 1.84. The fourth-order valence-corrected chi connectivity index (χ4v) is 2.03. The van der Waals surface area contributed by atoms with Gasteiger partial charge in [0.1, 0.15) is 0 Å². The van der Waals surface area contributed by atoms with E-state index in [2.05, 4.69) is 15.1 Å². The minimum absolute atomic E-state index is 0.691. The Morgan fingerprint density at radius 2 is 2.38 bits per heavy atom. The standard InChI is InChI=1S/C10H13N5S/c1-8-2-3-12-10(14-8)16-5-4-15-7-9(11)6-13-15/h2-3,6-7H,4-5,11H2,1H3. The Hall–Kier alpha value is -1.56. The second-order valence-corrected chi connectivity index (χ2v) is 4.43. The van der Waals surface area contributed by atoms with E-state index in [9.17, 15) is 0 Å². The van der Waals surface area contributed by atoms with Crippen LogP contribution in [0.2, 0.25) is 0 Å². The number of hydrogen-bond acceptors (Lipinski definition) is 5. The fourth-order valence-electron chi connectivity index (χ4n) is 1.23. The van der Waals surface area contributed by atoms with Crippen LogP contribution in [-0.2, 0) is 6.54 Å². The summed E-state index contributed by atoms with van der Waals surface area (Å²) >= 11 is 1.61. The van der Waals surface area contributed by atoms with E-state index in [1.54, 1.807) is 24.2 Å². The number of hydrogen-bond donors (Lipinski definition) is 1. The maximum absolute atomic E-state index is 5.57. The minimum atomic E-state index is 0.691. The van der Waals surface area contributed by atoms with Crippen molar-refractivity contribution >= 4 is 17.4 Å². The topological polar surface area (TPSA) is 69.6 Å². The molecule has 2 aromatic heterocycles. The average Bonchev–Trinajstić information content (AvgIpc) is 2.64. The van der Waals surface area contributed by atoms with Gasteiger partial charge in [-0.3, -0.25) is 4.68 Å². The third-order valence-electron chi connectivity index (χ3n) is 1.98. The van der Waals surface area contributed by atoms with Crippen molar-refractivity contribution in [2.45, 2.75) is 18.6 Å². The summed E-state index contributed by atoms with van der Waals surface area (Å²) in [5.41, 5.74) is 7.24. The lowest BCUT2D eigenvalue weighted by Crippen LogP contribution is -2.01. The molecule has 0 spiro atoms. The Kier molecular flexibility index (Phi) is 3.40. The van der Waals surface area contributed by atoms with Gasteiger partial charge in [0, 0.05) is 23.8 Å². The van der Waals surface area contributed by atoms with Gasteiger partial charge in [-0.05, 0) is 13.0 Å². The van der Waals surface area contributed by atoms with E-state index in [-0.39, 0.29) is 0 Å². The second kappa shape index (κ2) is 4.98. The van der Waals surface area contributed by atoms with Crippen LogP contribution in [-0.4, -0.2) is 25.5 Å². The highest BCUT2D eigenvalue weighted by molar-refractivity contribution is 7.99. The zero-order valence-electron chi connectivity index (χ0n) is 9.00. The smallest absolute Gasteiger partial charge is 0.187 e. The maximum Gasteiger partial charge on any atom is 0.187 e. The average molecular weight is 235 g/mol. The fraction of sp³-hybridized carbons (Fsp3) is 0.300. The van der Waals surface area contributed by atoms with Gasteiger partial charge < -0.3 is 5.73 Å². The molecule has 0 aliphatic carbocycles. The van der Waals surface area contributed by atoms with Crippen molar-refractivity contribution in [2.75, 3.05) is 11.5 Å². The van der Waals surface area contributed by atoms with Gasteiger partial charge in [0.25, 0.3) is 0 Å². The number of anilines is 1. The highest BCUT2D eigenvalue weighted by Crippen LogP contribution is 2.12. The van der Waals surface area contributed by atoms with E-state index in [1.165, 1.54) is 0 Å². The van der Waals surface area contributed by atoms with Crippen LogP contribution in [0.3, 0.4) is 0 Å². The molecule has 2 N–H and O–H groups in total. The van der Waals surface area contributed by atoms with Crippen molar-refractivity contribution in [3.05, 3.63) is 30.4 Å². The van der Waals surface area contributed by atoms with Gasteiger partial charge in [-0.2, -0.15) is 5.10 Å². The third-order valence-corrected chi connectivity index (χ3v) is 2.82. The summed E-state index contributed by atoms with van der Waals surface area (Å²) in [5, 5.41) is 4.91. The zero-order chi connectivity index (χ0) is 11.4. The first-order valence-corrected chi connectivity index (χ1v) is 5.93. The molecule has 0 aliphatic heterocycles. The van der Waals surface area contributed by atoms with Crippen LogP contribution in [0.25, 0.3) is 0 Å². The van der Waals surface area contributed by atoms with Crippen LogP contribution >= 0.6 is 11.8 Å². The van der Waals surface area contributed by atoms with Crippen molar-refractivity contribution in [1.29, 1.82) is 0 Å². The van der Waals surface area contributed by atoms with Gasteiger partial charge in [0.2, 0.25) is 0 Å². The first-order valence-electron chi connectivity index (χ1n) is 4.94. The summed E-state index contributed by atoms with van der Waals surface area (Å²) in [6.07, 6.45) is 5.24. The number of aryl methyl sites for hydroxylation is 2. The van der Waals surface area contributed by atoms with Crippen molar-refractivity contribution in [2.24, 2.45) is 0 Å². The summed E-state index contributed by atoms with van der Waals surface area (Å²) < 4.78 is 1.82. The van der Waals surface area contributed by atoms with Crippen molar-refractivity contribution < 1.29 is 0 Å². The minimum Gasteiger partial charge on any atom is -0.396 e. The Labute approximate surface area is 98.1 Å². The molecule has 0 saturated carbocycles. The predicted molar refractivity (Wildman–Crippen MR) is 64.1 cm³/mol. The highest BCUT2D eigenvalue weighted by atomic mass is 32.2. The number of aromatic nitrogens is 4. The molecule has 6 heteroatoms. The summed E-state index contributed by atoms with van der Waals surface area (Å²) in [6.45, 7) is 2.76. The van der Waals surface area contributed by atoms with Crippen LogP contribution in [0.15, 0.2) is 29.8 Å². The highest BCUT2D eigenvalue weighted by Gasteiger charge is 1.99. The molecule has 0 bridgehead atoms. The normalized spacial score (nSPS) is 10.6. The number of rotatable bonds is 4. The SMILES string of the molecule is Cc1ccnc(SCCn2cc(N)cn2)n1. The van der Waals surface area contributed by atoms with Crippen LogP contribution in [0, 0.1) is 6.92 Å². The van der Waals surface area contributed by atoms with Gasteiger partial charge in [-0.15, -0.1) is 0 Å². The van der Waals surface area contributed by atoms with E-state index in [0.29, 0.717) is 5.69 Å². The maximum atomic E-state index is 5.57. The van der Waals surface area contributed by atoms with Crippen LogP contribution in [0.1, 0.15) is 5.69 Å². The largest absolute Gasteiger partial charge is 0.396 e. The van der Waals surface area contributed by atoms with Crippen LogP contribution in [0.4, 0.5) is 5.69 Å². The lowest BCUT2D eigenvalue weighted by atomic mass is 10.5. The molecule has 0 unspecified atom stereocenters. The molecule has 0 atom stereocenters. The first kappa shape index (κ1) is 10.9. The molecule has 5 nitrogen and oxygen atoms in total. The van der Waals surface area contributed by atoms with Gasteiger partial charge >= 0.3 is 0 Å². The molecule has 2 rings (SSSR count). The van der Waals surface area contributed by atoms with Crippen molar-refractivity contribution in [3.63, 3.8) is 0 Å². The van der Waals surface area contributed by atoms with E-state index < -0.39 is 0 Å². The number of nitrogens with zero attached hydrogens (tertiary/aromatic N) is 4. The number of nitrogens with two attached hydrogens (primary N) is 1. The molecule has 16 heavy (non-hydrogen) atoms. The van der Waals surface area contributed by atoms with E-state index in [1.807, 2.05) is 23.9 Å². The molecular weight excluding hydrogens is 222 g/mol. The monoisotopic (exact) mass is 235 g/mol. The van der Waals surface area contributed by atoms with Crippen LogP contribution in [0.5, 0.6) is 0 Å². The molecular formula is C10H13N5S. The number of nitrogen functional groups attached to an aromatic ring is 1. The van der Waals surface area contributed by atoms with Gasteiger partial charge in [0.05, 0.1) is 18.4 Å². The van der Waals surface area contributed by atoms with E-state index in [0.717, 1.165) is 23.1 Å². The molecule has 0 fully saturated rings. The molecule has 0 amide bonds. The Morgan fingerprint density at radius 3 is 3.06 bits per heavy atom. The molecule has 0 saturated heterocycles. The molecule has 0 aromatic carbocycles. The summed E-state index contributed by atoms with van der Waals surface area (Å²) in [7, 11) is 0.